The van der Waals surface area contributed by atoms with Crippen molar-refractivity contribution in [1.29, 1.82) is 0 Å². The van der Waals surface area contributed by atoms with Gasteiger partial charge in [-0.25, -0.2) is 0 Å². The van der Waals surface area contributed by atoms with Gasteiger partial charge in [-0.1, -0.05) is 48.0 Å². The van der Waals surface area contributed by atoms with Crippen molar-refractivity contribution >= 4 is 23.6 Å². The summed E-state index contributed by atoms with van der Waals surface area (Å²) >= 11 is 0. The van der Waals surface area contributed by atoms with Gasteiger partial charge >= 0.3 is 5.97 Å². The van der Waals surface area contributed by atoms with Crippen molar-refractivity contribution in [3.63, 3.8) is 0 Å². The summed E-state index contributed by atoms with van der Waals surface area (Å²) in [6, 6.07) is 22.1. The number of esters is 1. The van der Waals surface area contributed by atoms with E-state index >= 15 is 0 Å². The first-order valence-corrected chi connectivity index (χ1v) is 11.7. The molecule has 6 heteroatoms. The minimum absolute atomic E-state index is 0.133. The highest BCUT2D eigenvalue weighted by molar-refractivity contribution is 6.07. The molecule has 0 saturated heterocycles. The van der Waals surface area contributed by atoms with Crippen LogP contribution in [-0.2, 0) is 20.9 Å². The summed E-state index contributed by atoms with van der Waals surface area (Å²) in [5, 5.41) is 6.20. The van der Waals surface area contributed by atoms with Crippen LogP contribution in [0.5, 0.6) is 5.75 Å². The minimum Gasteiger partial charge on any atom is -0.493 e. The maximum absolute atomic E-state index is 13.0. The molecule has 3 aromatic carbocycles. The molecule has 180 valence electrons. The number of hydrogen-bond donors (Lipinski definition) is 2. The fraction of sp³-hybridized carbons (Fsp3) is 0.241. The number of aryl methyl sites for hydroxylation is 1. The SMILES string of the molecule is COC(=O)CCNCc1ccc(NC(=O)C2=Cc3cc(-c4ccc(C)cc4)ccc3OCC2)cc1. The van der Waals surface area contributed by atoms with E-state index in [1.165, 1.54) is 12.7 Å². The third-order valence-corrected chi connectivity index (χ3v) is 5.92. The molecular weight excluding hydrogens is 440 g/mol. The Bertz CT molecular complexity index is 1210. The van der Waals surface area contributed by atoms with Gasteiger partial charge in [-0.3, -0.25) is 9.59 Å². The molecule has 0 aromatic heterocycles. The van der Waals surface area contributed by atoms with Crippen LogP contribution >= 0.6 is 0 Å². The van der Waals surface area contributed by atoms with E-state index in [2.05, 4.69) is 52.6 Å². The fourth-order valence-corrected chi connectivity index (χ4v) is 3.87. The quantitative estimate of drug-likeness (QED) is 0.353. The monoisotopic (exact) mass is 470 g/mol. The molecule has 4 rings (SSSR count). The molecule has 1 amide bonds. The highest BCUT2D eigenvalue weighted by Crippen LogP contribution is 2.31. The summed E-state index contributed by atoms with van der Waals surface area (Å²) in [4.78, 5) is 24.2. The predicted octanol–water partition coefficient (Wildman–Crippen LogP) is 5.12. The lowest BCUT2D eigenvalue weighted by atomic mass is 10.00. The zero-order valence-corrected chi connectivity index (χ0v) is 20.1. The van der Waals surface area contributed by atoms with E-state index in [-0.39, 0.29) is 11.9 Å². The van der Waals surface area contributed by atoms with Gasteiger partial charge in [0.15, 0.2) is 0 Å². The lowest BCUT2D eigenvalue weighted by Gasteiger charge is -2.09. The number of nitrogens with one attached hydrogen (secondary N) is 2. The summed E-state index contributed by atoms with van der Waals surface area (Å²) in [7, 11) is 1.38. The first-order chi connectivity index (χ1) is 17.0. The Balaban J connectivity index is 1.41. The third kappa shape index (κ3) is 6.58. The highest BCUT2D eigenvalue weighted by Gasteiger charge is 2.16. The number of carbonyl (C=O) groups is 2. The minimum atomic E-state index is -0.234. The number of hydrogen-bond acceptors (Lipinski definition) is 5. The molecule has 0 atom stereocenters. The van der Waals surface area contributed by atoms with Crippen LogP contribution in [0, 0.1) is 6.92 Å². The van der Waals surface area contributed by atoms with Crippen molar-refractivity contribution in [2.24, 2.45) is 0 Å². The maximum atomic E-state index is 13.0. The molecule has 0 spiro atoms. The van der Waals surface area contributed by atoms with Crippen molar-refractivity contribution in [3.8, 4) is 16.9 Å². The van der Waals surface area contributed by atoms with Crippen LogP contribution < -0.4 is 15.4 Å². The normalized spacial score (nSPS) is 12.6. The van der Waals surface area contributed by atoms with Crippen LogP contribution in [0.2, 0.25) is 0 Å². The molecule has 35 heavy (non-hydrogen) atoms. The Labute approximate surface area is 206 Å². The lowest BCUT2D eigenvalue weighted by Crippen LogP contribution is -2.18. The van der Waals surface area contributed by atoms with Gasteiger partial charge in [0.1, 0.15) is 5.75 Å². The highest BCUT2D eigenvalue weighted by atomic mass is 16.5. The molecule has 0 unspecified atom stereocenters. The Morgan fingerprint density at radius 3 is 2.46 bits per heavy atom. The molecule has 0 bridgehead atoms. The molecule has 3 aromatic rings. The lowest BCUT2D eigenvalue weighted by molar-refractivity contribution is -0.140. The van der Waals surface area contributed by atoms with Gasteiger partial charge in [-0.15, -0.1) is 0 Å². The zero-order valence-electron chi connectivity index (χ0n) is 20.1. The molecule has 1 aliphatic heterocycles. The van der Waals surface area contributed by atoms with Crippen LogP contribution in [0.1, 0.15) is 29.5 Å². The Kier molecular flexibility index (Phi) is 7.95. The van der Waals surface area contributed by atoms with Crippen LogP contribution in [0.4, 0.5) is 5.69 Å². The van der Waals surface area contributed by atoms with Crippen molar-refractivity contribution < 1.29 is 19.1 Å². The summed E-state index contributed by atoms with van der Waals surface area (Å²) in [5.74, 6) is 0.418. The molecule has 0 radical (unpaired) electrons. The van der Waals surface area contributed by atoms with E-state index in [0.29, 0.717) is 38.1 Å². The molecule has 2 N–H and O–H groups in total. The number of amides is 1. The number of anilines is 1. The van der Waals surface area contributed by atoms with Crippen LogP contribution in [0.15, 0.2) is 72.3 Å². The first kappa shape index (κ1) is 24.2. The van der Waals surface area contributed by atoms with Gasteiger partial charge < -0.3 is 20.1 Å². The van der Waals surface area contributed by atoms with Crippen molar-refractivity contribution in [2.45, 2.75) is 26.3 Å². The number of ether oxygens (including phenoxy) is 2. The molecule has 0 fully saturated rings. The molecule has 6 nitrogen and oxygen atoms in total. The number of rotatable bonds is 8. The average Bonchev–Trinajstić information content (AvgIpc) is 3.10. The summed E-state index contributed by atoms with van der Waals surface area (Å²) in [6.45, 7) is 3.70. The predicted molar refractivity (Wildman–Crippen MR) is 138 cm³/mol. The van der Waals surface area contributed by atoms with Crippen LogP contribution in [0.25, 0.3) is 17.2 Å². The second-order valence-corrected chi connectivity index (χ2v) is 8.54. The maximum Gasteiger partial charge on any atom is 0.306 e. The molecule has 0 aliphatic carbocycles. The van der Waals surface area contributed by atoms with E-state index in [0.717, 1.165) is 33.7 Å². The van der Waals surface area contributed by atoms with Crippen LogP contribution in [0.3, 0.4) is 0 Å². The molecular formula is C29H30N2O4. The molecule has 1 aliphatic rings. The van der Waals surface area contributed by atoms with Gasteiger partial charge in [0.05, 0.1) is 20.1 Å². The molecule has 0 saturated carbocycles. The van der Waals surface area contributed by atoms with E-state index in [4.69, 9.17) is 4.74 Å². The first-order valence-electron chi connectivity index (χ1n) is 11.7. The summed E-state index contributed by atoms with van der Waals surface area (Å²) in [6.07, 6.45) is 2.79. The van der Waals surface area contributed by atoms with Crippen molar-refractivity contribution in [3.05, 3.63) is 89.0 Å². The fourth-order valence-electron chi connectivity index (χ4n) is 3.87. The number of benzene rings is 3. The topological polar surface area (TPSA) is 76.7 Å². The summed E-state index contributed by atoms with van der Waals surface area (Å²) < 4.78 is 10.5. The smallest absolute Gasteiger partial charge is 0.306 e. The third-order valence-electron chi connectivity index (χ3n) is 5.92. The van der Waals surface area contributed by atoms with E-state index in [1.807, 2.05) is 42.5 Å². The van der Waals surface area contributed by atoms with E-state index in [9.17, 15) is 9.59 Å². The number of methoxy groups -OCH3 is 1. The summed E-state index contributed by atoms with van der Waals surface area (Å²) in [5.41, 5.74) is 6.80. The average molecular weight is 471 g/mol. The molecule has 1 heterocycles. The van der Waals surface area contributed by atoms with Gasteiger partial charge in [-0.05, 0) is 54.0 Å². The van der Waals surface area contributed by atoms with Gasteiger partial charge in [0.2, 0.25) is 0 Å². The number of fused-ring (bicyclic) bond motifs is 1. The number of carbonyl (C=O) groups excluding carboxylic acids is 2. The standard InChI is InChI=1S/C29H30N2O4/c1-20-3-7-22(8-4-20)23-9-12-27-25(17-23)18-24(14-16-35-27)29(33)31-26-10-5-21(6-11-26)19-30-15-13-28(32)34-2/h3-12,17-18,30H,13-16,19H2,1-2H3,(H,31,33). The van der Waals surface area contributed by atoms with Gasteiger partial charge in [0, 0.05) is 36.3 Å². The van der Waals surface area contributed by atoms with E-state index in [1.54, 1.807) is 0 Å². The van der Waals surface area contributed by atoms with Crippen molar-refractivity contribution in [1.82, 2.24) is 5.32 Å². The Morgan fingerprint density at radius 2 is 1.71 bits per heavy atom. The van der Waals surface area contributed by atoms with Crippen LogP contribution in [-0.4, -0.2) is 32.1 Å². The zero-order chi connectivity index (χ0) is 24.6. The van der Waals surface area contributed by atoms with E-state index < -0.39 is 0 Å². The van der Waals surface area contributed by atoms with Gasteiger partial charge in [-0.2, -0.15) is 0 Å². The van der Waals surface area contributed by atoms with Gasteiger partial charge in [0.25, 0.3) is 5.91 Å². The van der Waals surface area contributed by atoms with Crippen molar-refractivity contribution in [2.75, 3.05) is 25.6 Å². The second-order valence-electron chi connectivity index (χ2n) is 8.54. The largest absolute Gasteiger partial charge is 0.493 e. The second kappa shape index (κ2) is 11.5. The Morgan fingerprint density at radius 1 is 0.971 bits per heavy atom. The Hall–Kier alpha value is -3.90.